The molecule has 4 nitrogen and oxygen atoms in total. The van der Waals surface area contributed by atoms with Crippen LogP contribution in [-0.4, -0.2) is 8.42 Å². The first-order valence-electron chi connectivity index (χ1n) is 9.80. The third-order valence-corrected chi connectivity index (χ3v) is 6.34. The van der Waals surface area contributed by atoms with Gasteiger partial charge in [0, 0.05) is 0 Å². The number of benzene rings is 3. The summed E-state index contributed by atoms with van der Waals surface area (Å²) >= 11 is 0. The quantitative estimate of drug-likeness (QED) is 0.569. The van der Waals surface area contributed by atoms with Gasteiger partial charge in [-0.2, -0.15) is 0 Å². The van der Waals surface area contributed by atoms with Gasteiger partial charge in [-0.1, -0.05) is 98.8 Å². The number of hydrogen-bond acceptors (Lipinski definition) is 3. The third kappa shape index (κ3) is 5.76. The Morgan fingerprint density at radius 2 is 1.28 bits per heavy atom. The first-order valence-corrected chi connectivity index (χ1v) is 11.5. The van der Waals surface area contributed by atoms with E-state index in [2.05, 4.69) is 18.6 Å². The summed E-state index contributed by atoms with van der Waals surface area (Å²) in [5.41, 5.74) is 10.2. The van der Waals surface area contributed by atoms with Crippen molar-refractivity contribution in [2.75, 3.05) is 0 Å². The van der Waals surface area contributed by atoms with Crippen LogP contribution < -0.4 is 10.5 Å². The summed E-state index contributed by atoms with van der Waals surface area (Å²) in [5.74, 6) is 0.320. The SMILES string of the molecule is CC(C)c1ccc(CS(=O)(=O)NC(c2ccccc2)C(N)c2ccccc2)cc1. The highest BCUT2D eigenvalue weighted by atomic mass is 32.2. The van der Waals surface area contributed by atoms with E-state index >= 15 is 0 Å². The van der Waals surface area contributed by atoms with Crippen LogP contribution in [0.25, 0.3) is 0 Å². The minimum Gasteiger partial charge on any atom is -0.322 e. The predicted molar refractivity (Wildman–Crippen MR) is 119 cm³/mol. The van der Waals surface area contributed by atoms with Gasteiger partial charge in [0.1, 0.15) is 0 Å². The third-order valence-electron chi connectivity index (χ3n) is 5.01. The van der Waals surface area contributed by atoms with E-state index < -0.39 is 22.1 Å². The van der Waals surface area contributed by atoms with Gasteiger partial charge in [0.25, 0.3) is 0 Å². The Morgan fingerprint density at radius 1 is 0.759 bits per heavy atom. The van der Waals surface area contributed by atoms with Gasteiger partial charge in [-0.05, 0) is 28.2 Å². The second kappa shape index (κ2) is 9.35. The van der Waals surface area contributed by atoms with Gasteiger partial charge in [0.05, 0.1) is 17.8 Å². The number of hydrogen-bond donors (Lipinski definition) is 2. The summed E-state index contributed by atoms with van der Waals surface area (Å²) in [7, 11) is -3.60. The van der Waals surface area contributed by atoms with Crippen LogP contribution in [0, 0.1) is 0 Å². The van der Waals surface area contributed by atoms with E-state index in [1.165, 1.54) is 5.56 Å². The zero-order valence-electron chi connectivity index (χ0n) is 16.8. The first-order chi connectivity index (χ1) is 13.9. The molecule has 0 heterocycles. The molecule has 5 heteroatoms. The Morgan fingerprint density at radius 3 is 1.79 bits per heavy atom. The molecule has 0 saturated heterocycles. The molecule has 0 aliphatic rings. The van der Waals surface area contributed by atoms with Crippen molar-refractivity contribution in [3.63, 3.8) is 0 Å². The van der Waals surface area contributed by atoms with E-state index in [0.29, 0.717) is 5.92 Å². The highest BCUT2D eigenvalue weighted by molar-refractivity contribution is 7.88. The van der Waals surface area contributed by atoms with Gasteiger partial charge in [-0.3, -0.25) is 0 Å². The van der Waals surface area contributed by atoms with Gasteiger partial charge in [-0.25, -0.2) is 13.1 Å². The lowest BCUT2D eigenvalue weighted by Crippen LogP contribution is -2.36. The number of nitrogens with two attached hydrogens (primary N) is 1. The maximum Gasteiger partial charge on any atom is 0.216 e. The van der Waals surface area contributed by atoms with Crippen LogP contribution in [0.5, 0.6) is 0 Å². The Hall–Kier alpha value is -2.47. The van der Waals surface area contributed by atoms with Crippen molar-refractivity contribution in [2.24, 2.45) is 5.73 Å². The summed E-state index contributed by atoms with van der Waals surface area (Å²) in [4.78, 5) is 0. The topological polar surface area (TPSA) is 72.2 Å². The Kier molecular flexibility index (Phi) is 6.85. The molecule has 3 rings (SSSR count). The molecule has 3 N–H and O–H groups in total. The van der Waals surface area contributed by atoms with Gasteiger partial charge in [-0.15, -0.1) is 0 Å². The van der Waals surface area contributed by atoms with Crippen LogP contribution in [-0.2, 0) is 15.8 Å². The highest BCUT2D eigenvalue weighted by Gasteiger charge is 2.26. The average Bonchev–Trinajstić information content (AvgIpc) is 2.73. The van der Waals surface area contributed by atoms with Crippen LogP contribution in [0.2, 0.25) is 0 Å². The fourth-order valence-electron chi connectivity index (χ4n) is 3.33. The van der Waals surface area contributed by atoms with Crippen LogP contribution in [0.15, 0.2) is 84.9 Å². The second-order valence-electron chi connectivity index (χ2n) is 7.60. The molecule has 0 aliphatic heterocycles. The number of sulfonamides is 1. The van der Waals surface area contributed by atoms with Crippen LogP contribution in [0.4, 0.5) is 0 Å². The van der Waals surface area contributed by atoms with Crippen molar-refractivity contribution in [3.05, 3.63) is 107 Å². The van der Waals surface area contributed by atoms with Crippen molar-refractivity contribution >= 4 is 10.0 Å². The summed E-state index contributed by atoms with van der Waals surface area (Å²) < 4.78 is 28.8. The van der Waals surface area contributed by atoms with E-state index in [9.17, 15) is 8.42 Å². The fourth-order valence-corrected chi connectivity index (χ4v) is 4.71. The molecule has 0 aromatic heterocycles. The molecule has 0 saturated carbocycles. The van der Waals surface area contributed by atoms with E-state index in [1.54, 1.807) is 0 Å². The zero-order chi connectivity index (χ0) is 20.9. The maximum atomic E-state index is 13.0. The molecule has 29 heavy (non-hydrogen) atoms. The molecule has 0 amide bonds. The van der Waals surface area contributed by atoms with Crippen LogP contribution in [0.1, 0.15) is 54.1 Å². The minimum atomic E-state index is -3.60. The fraction of sp³-hybridized carbons (Fsp3) is 0.250. The molecular weight excluding hydrogens is 380 g/mol. The summed E-state index contributed by atoms with van der Waals surface area (Å²) in [5, 5.41) is 0. The molecule has 0 fully saturated rings. The minimum absolute atomic E-state index is 0.0871. The Balaban J connectivity index is 1.84. The largest absolute Gasteiger partial charge is 0.322 e. The lowest BCUT2D eigenvalue weighted by molar-refractivity contribution is 0.503. The smallest absolute Gasteiger partial charge is 0.216 e. The summed E-state index contributed by atoms with van der Waals surface area (Å²) in [6.07, 6.45) is 0. The molecule has 152 valence electrons. The lowest BCUT2D eigenvalue weighted by atomic mass is 9.95. The molecule has 2 atom stereocenters. The van der Waals surface area contributed by atoms with Crippen molar-refractivity contribution < 1.29 is 8.42 Å². The molecule has 0 spiro atoms. The standard InChI is InChI=1S/C24H28N2O2S/c1-18(2)20-15-13-19(14-16-20)17-29(27,28)26-24(22-11-7-4-8-12-22)23(25)21-9-5-3-6-10-21/h3-16,18,23-24,26H,17,25H2,1-2H3. The molecule has 0 aliphatic carbocycles. The van der Waals surface area contributed by atoms with Crippen molar-refractivity contribution in [1.29, 1.82) is 0 Å². The van der Waals surface area contributed by atoms with Crippen molar-refractivity contribution in [3.8, 4) is 0 Å². The second-order valence-corrected chi connectivity index (χ2v) is 9.35. The molecule has 0 radical (unpaired) electrons. The van der Waals surface area contributed by atoms with E-state index in [4.69, 9.17) is 5.73 Å². The highest BCUT2D eigenvalue weighted by Crippen LogP contribution is 2.28. The molecule has 0 bridgehead atoms. The average molecular weight is 409 g/mol. The Labute approximate surface area is 173 Å². The number of nitrogens with one attached hydrogen (secondary N) is 1. The van der Waals surface area contributed by atoms with E-state index in [1.807, 2.05) is 84.9 Å². The summed E-state index contributed by atoms with van der Waals surface area (Å²) in [6.45, 7) is 4.23. The Bertz CT molecular complexity index is 1000. The van der Waals surface area contributed by atoms with Gasteiger partial charge < -0.3 is 5.73 Å². The van der Waals surface area contributed by atoms with Gasteiger partial charge in [0.15, 0.2) is 0 Å². The molecule has 3 aromatic rings. The normalized spacial score (nSPS) is 13.9. The first kappa shape index (κ1) is 21.2. The van der Waals surface area contributed by atoms with E-state index in [0.717, 1.165) is 16.7 Å². The van der Waals surface area contributed by atoms with Gasteiger partial charge in [0.2, 0.25) is 10.0 Å². The molecule has 2 unspecified atom stereocenters. The zero-order valence-corrected chi connectivity index (χ0v) is 17.6. The maximum absolute atomic E-state index is 13.0. The lowest BCUT2D eigenvalue weighted by Gasteiger charge is -2.26. The summed E-state index contributed by atoms with van der Waals surface area (Å²) in [6, 6.07) is 25.7. The van der Waals surface area contributed by atoms with E-state index in [-0.39, 0.29) is 5.75 Å². The van der Waals surface area contributed by atoms with Crippen LogP contribution >= 0.6 is 0 Å². The molecule has 3 aromatic carbocycles. The van der Waals surface area contributed by atoms with Crippen molar-refractivity contribution in [1.82, 2.24) is 4.72 Å². The van der Waals surface area contributed by atoms with Crippen LogP contribution in [0.3, 0.4) is 0 Å². The van der Waals surface area contributed by atoms with Gasteiger partial charge >= 0.3 is 0 Å². The predicted octanol–water partition coefficient (Wildman–Crippen LogP) is 4.67. The van der Waals surface area contributed by atoms with Crippen molar-refractivity contribution in [2.45, 2.75) is 37.6 Å². The monoisotopic (exact) mass is 408 g/mol. The number of rotatable bonds is 8. The molecular formula is C24H28N2O2S.